The summed E-state index contributed by atoms with van der Waals surface area (Å²) >= 11 is 1.08. The third kappa shape index (κ3) is 8.66. The van der Waals surface area contributed by atoms with Crippen molar-refractivity contribution >= 4 is 51.4 Å². The molecular weight excluding hydrogens is 494 g/mol. The number of amidine groups is 1. The summed E-state index contributed by atoms with van der Waals surface area (Å²) in [7, 11) is 0. The highest BCUT2D eigenvalue weighted by atomic mass is 32.1. The number of anilines is 1. The molecule has 194 valence electrons. The molecule has 1 aromatic heterocycles. The number of esters is 2. The minimum absolute atomic E-state index is 0.0811. The number of nitrogens with zero attached hydrogens (tertiary/aromatic N) is 6. The highest BCUT2D eigenvalue weighted by molar-refractivity contribution is 7.10. The Hall–Kier alpha value is -4.37. The van der Waals surface area contributed by atoms with Crippen LogP contribution in [-0.2, 0) is 19.1 Å². The van der Waals surface area contributed by atoms with Gasteiger partial charge in [-0.2, -0.15) is 9.64 Å². The van der Waals surface area contributed by atoms with E-state index in [-0.39, 0.29) is 13.2 Å². The zero-order valence-corrected chi connectivity index (χ0v) is 22.1. The van der Waals surface area contributed by atoms with Crippen LogP contribution in [0.3, 0.4) is 0 Å². The van der Waals surface area contributed by atoms with Gasteiger partial charge in [-0.1, -0.05) is 13.2 Å². The molecule has 2 rings (SSSR count). The van der Waals surface area contributed by atoms with E-state index in [0.717, 1.165) is 11.5 Å². The Kier molecular flexibility index (Phi) is 10.6. The monoisotopic (exact) mass is 523 g/mol. The number of nitriles is 1. The minimum Gasteiger partial charge on any atom is -0.460 e. The van der Waals surface area contributed by atoms with Gasteiger partial charge in [-0.05, 0) is 57.4 Å². The highest BCUT2D eigenvalue weighted by Crippen LogP contribution is 2.35. The van der Waals surface area contributed by atoms with Crippen LogP contribution >= 0.6 is 11.5 Å². The number of benzene rings is 1. The standard InChI is InChI=1S/C25H29N7O4S/c1-15(2)24(33)35-11-9-32(10-12-36-25(34)16(3)4)19-7-8-21(22(13-19)28-18(6)27)29-30-23-20(14-26)17(5)31-37-23/h7-8,13H,1,3,9-12H2,2,4-6H3,(H2,27,28). The Bertz CT molecular complexity index is 1250. The van der Waals surface area contributed by atoms with Crippen molar-refractivity contribution in [3.05, 3.63) is 53.8 Å². The first-order valence-electron chi connectivity index (χ1n) is 11.2. The normalized spacial score (nSPS) is 11.2. The van der Waals surface area contributed by atoms with Crippen molar-refractivity contribution in [1.82, 2.24) is 4.37 Å². The molecule has 0 amide bonds. The van der Waals surface area contributed by atoms with Crippen LogP contribution in [0.25, 0.3) is 0 Å². The number of rotatable bonds is 12. The Labute approximate surface area is 219 Å². The van der Waals surface area contributed by atoms with E-state index in [1.807, 2.05) is 4.90 Å². The summed E-state index contributed by atoms with van der Waals surface area (Å²) in [4.78, 5) is 29.8. The number of ether oxygens (including phenoxy) is 2. The van der Waals surface area contributed by atoms with Gasteiger partial charge >= 0.3 is 11.9 Å². The highest BCUT2D eigenvalue weighted by Gasteiger charge is 2.14. The molecule has 0 radical (unpaired) electrons. The molecule has 0 atom stereocenters. The molecule has 0 saturated carbocycles. The van der Waals surface area contributed by atoms with Crippen LogP contribution in [0.15, 0.2) is 57.7 Å². The topological polar surface area (TPSA) is 156 Å². The van der Waals surface area contributed by atoms with Crippen LogP contribution in [0.4, 0.5) is 22.1 Å². The number of aliphatic imine (C=N–C) groups is 1. The predicted molar refractivity (Wildman–Crippen MR) is 143 cm³/mol. The lowest BCUT2D eigenvalue weighted by atomic mass is 10.2. The van der Waals surface area contributed by atoms with E-state index in [1.54, 1.807) is 45.9 Å². The number of nitrogens with two attached hydrogens (primary N) is 1. The van der Waals surface area contributed by atoms with Gasteiger partial charge in [0.15, 0.2) is 5.00 Å². The fourth-order valence-corrected chi connectivity index (χ4v) is 3.52. The maximum Gasteiger partial charge on any atom is 0.333 e. The van der Waals surface area contributed by atoms with Crippen molar-refractivity contribution < 1.29 is 19.1 Å². The summed E-state index contributed by atoms with van der Waals surface area (Å²) in [5, 5.41) is 18.2. The van der Waals surface area contributed by atoms with E-state index >= 15 is 0 Å². The zero-order valence-electron chi connectivity index (χ0n) is 21.3. The SMILES string of the molecule is C=C(C)C(=O)OCCN(CCOC(=O)C(=C)C)c1ccc(N=Nc2snc(C)c2C#N)c(N=C(C)N)c1. The van der Waals surface area contributed by atoms with Gasteiger partial charge in [-0.3, -0.25) is 0 Å². The number of hydrogen-bond donors (Lipinski definition) is 1. The first kappa shape index (κ1) is 28.9. The number of aromatic nitrogens is 1. The predicted octanol–water partition coefficient (Wildman–Crippen LogP) is 4.79. The molecule has 0 saturated heterocycles. The van der Waals surface area contributed by atoms with Crippen molar-refractivity contribution in [2.45, 2.75) is 27.7 Å². The second-order valence-corrected chi connectivity index (χ2v) is 8.76. The molecule has 11 nitrogen and oxygen atoms in total. The number of hydrogen-bond acceptors (Lipinski definition) is 11. The summed E-state index contributed by atoms with van der Waals surface area (Å²) in [5.74, 6) is -0.690. The van der Waals surface area contributed by atoms with E-state index in [9.17, 15) is 14.9 Å². The largest absolute Gasteiger partial charge is 0.460 e. The molecule has 37 heavy (non-hydrogen) atoms. The van der Waals surface area contributed by atoms with Gasteiger partial charge in [0, 0.05) is 16.8 Å². The van der Waals surface area contributed by atoms with Gasteiger partial charge in [-0.25, -0.2) is 14.6 Å². The molecule has 1 heterocycles. The average Bonchev–Trinajstić information content (AvgIpc) is 3.20. The molecule has 0 aliphatic carbocycles. The number of carbonyl (C=O) groups excluding carboxylic acids is 2. The second kappa shape index (κ2) is 13.6. The molecule has 2 N–H and O–H groups in total. The fraction of sp³-hybridized carbons (Fsp3) is 0.320. The van der Waals surface area contributed by atoms with Gasteiger partial charge in [0.05, 0.1) is 30.3 Å². The van der Waals surface area contributed by atoms with Crippen molar-refractivity contribution in [3.8, 4) is 6.07 Å². The van der Waals surface area contributed by atoms with Crippen LogP contribution in [0.2, 0.25) is 0 Å². The minimum atomic E-state index is -0.497. The maximum absolute atomic E-state index is 11.8. The van der Waals surface area contributed by atoms with E-state index < -0.39 is 11.9 Å². The van der Waals surface area contributed by atoms with Crippen LogP contribution in [0, 0.1) is 18.3 Å². The van der Waals surface area contributed by atoms with Crippen molar-refractivity contribution in [1.29, 1.82) is 5.26 Å². The molecular formula is C25H29N7O4S. The number of azo groups is 1. The third-order valence-electron chi connectivity index (χ3n) is 4.71. The molecule has 12 heteroatoms. The summed E-state index contributed by atoms with van der Waals surface area (Å²) in [6.45, 7) is 14.4. The molecule has 1 aromatic carbocycles. The Morgan fingerprint density at radius 1 is 1.08 bits per heavy atom. The molecule has 0 fully saturated rings. The van der Waals surface area contributed by atoms with Gasteiger partial charge < -0.3 is 20.1 Å². The van der Waals surface area contributed by atoms with Crippen molar-refractivity contribution in [3.63, 3.8) is 0 Å². The smallest absolute Gasteiger partial charge is 0.333 e. The summed E-state index contributed by atoms with van der Waals surface area (Å²) in [5.41, 5.74) is 8.93. The van der Waals surface area contributed by atoms with Gasteiger partial charge in [0.2, 0.25) is 0 Å². The van der Waals surface area contributed by atoms with Crippen LogP contribution in [0.1, 0.15) is 32.0 Å². The molecule has 0 spiro atoms. The van der Waals surface area contributed by atoms with E-state index in [2.05, 4.69) is 38.8 Å². The van der Waals surface area contributed by atoms with Gasteiger partial charge in [0.25, 0.3) is 0 Å². The van der Waals surface area contributed by atoms with E-state index in [0.29, 0.717) is 63.4 Å². The summed E-state index contributed by atoms with van der Waals surface area (Å²) < 4.78 is 14.6. The Morgan fingerprint density at radius 3 is 2.19 bits per heavy atom. The lowest BCUT2D eigenvalue weighted by molar-refractivity contribution is -0.139. The average molecular weight is 524 g/mol. The first-order valence-corrected chi connectivity index (χ1v) is 11.9. The van der Waals surface area contributed by atoms with Crippen LogP contribution in [-0.4, -0.2) is 48.5 Å². The van der Waals surface area contributed by atoms with Crippen molar-refractivity contribution in [2.75, 3.05) is 31.2 Å². The lowest BCUT2D eigenvalue weighted by Crippen LogP contribution is -2.32. The fourth-order valence-electron chi connectivity index (χ4n) is 2.84. The van der Waals surface area contributed by atoms with Crippen LogP contribution in [0.5, 0.6) is 0 Å². The van der Waals surface area contributed by atoms with Crippen molar-refractivity contribution in [2.24, 2.45) is 21.0 Å². The Balaban J connectivity index is 2.35. The quantitative estimate of drug-likeness (QED) is 0.137. The Morgan fingerprint density at radius 2 is 1.68 bits per heavy atom. The second-order valence-electron chi connectivity index (χ2n) is 8.01. The lowest BCUT2D eigenvalue weighted by Gasteiger charge is -2.25. The maximum atomic E-state index is 11.8. The molecule has 2 aromatic rings. The third-order valence-corrected chi connectivity index (χ3v) is 5.54. The van der Waals surface area contributed by atoms with E-state index in [4.69, 9.17) is 15.2 Å². The first-order chi connectivity index (χ1) is 17.5. The zero-order chi connectivity index (χ0) is 27.5. The summed E-state index contributed by atoms with van der Waals surface area (Å²) in [6, 6.07) is 7.31. The molecule has 0 aliphatic rings. The van der Waals surface area contributed by atoms with Gasteiger partial charge in [-0.15, -0.1) is 10.2 Å². The number of carbonyl (C=O) groups is 2. The molecule has 0 unspecified atom stereocenters. The molecule has 0 bridgehead atoms. The number of aryl methyl sites for hydroxylation is 1. The van der Waals surface area contributed by atoms with Gasteiger partial charge in [0.1, 0.15) is 30.5 Å². The van der Waals surface area contributed by atoms with Crippen LogP contribution < -0.4 is 10.6 Å². The van der Waals surface area contributed by atoms with E-state index in [1.165, 1.54) is 0 Å². The summed E-state index contributed by atoms with van der Waals surface area (Å²) in [6.07, 6.45) is 0. The molecule has 0 aliphatic heterocycles.